The summed E-state index contributed by atoms with van der Waals surface area (Å²) in [7, 11) is 2.15. The highest BCUT2D eigenvalue weighted by atomic mass is 32.2. The molecule has 0 atom stereocenters. The molecular weight excluding hydrogens is 597 g/mol. The van der Waals surface area contributed by atoms with E-state index in [1.165, 1.54) is 12.1 Å². The molecule has 44 heavy (non-hydrogen) atoms. The Hall–Kier alpha value is -4.69. The van der Waals surface area contributed by atoms with Crippen molar-refractivity contribution in [3.05, 3.63) is 84.7 Å². The van der Waals surface area contributed by atoms with Crippen LogP contribution in [0.3, 0.4) is 0 Å². The van der Waals surface area contributed by atoms with Crippen molar-refractivity contribution in [2.45, 2.75) is 18.9 Å². The van der Waals surface area contributed by atoms with Gasteiger partial charge < -0.3 is 30.1 Å². The van der Waals surface area contributed by atoms with Gasteiger partial charge in [-0.15, -0.1) is 0 Å². The number of rotatable bonds is 10. The third-order valence-electron chi connectivity index (χ3n) is 5.80. The van der Waals surface area contributed by atoms with E-state index in [2.05, 4.69) is 23.1 Å². The SMILES string of the molecule is CSC(=Nc1ccccc1)N(C)C1CCN(CCOc2ccc(F)cc2)CC1.O=C(O)/C=C/C(=O)O.O=C(O)/C=C/C(=O)O. The Balaban J connectivity index is 0.000000498. The van der Waals surface area contributed by atoms with Crippen LogP contribution in [0.25, 0.3) is 0 Å². The maximum absolute atomic E-state index is 12.9. The fourth-order valence-electron chi connectivity index (χ4n) is 3.68. The van der Waals surface area contributed by atoms with Gasteiger partial charge in [0.25, 0.3) is 0 Å². The summed E-state index contributed by atoms with van der Waals surface area (Å²) >= 11 is 1.70. The van der Waals surface area contributed by atoms with Crippen LogP contribution in [-0.2, 0) is 19.2 Å². The van der Waals surface area contributed by atoms with Gasteiger partial charge in [-0.3, -0.25) is 4.90 Å². The number of thioether (sulfide) groups is 1. The van der Waals surface area contributed by atoms with Gasteiger partial charge in [0.2, 0.25) is 0 Å². The number of likely N-dealkylation sites (tertiary alicyclic amines) is 1. The quantitative estimate of drug-likeness (QED) is 0.168. The van der Waals surface area contributed by atoms with Gasteiger partial charge in [-0.25, -0.2) is 28.6 Å². The predicted octanol–water partition coefficient (Wildman–Crippen LogP) is 4.08. The molecule has 2 aromatic rings. The van der Waals surface area contributed by atoms with Crippen LogP contribution in [0.2, 0.25) is 0 Å². The summed E-state index contributed by atoms with van der Waals surface area (Å²) in [5.41, 5.74) is 0.995. The first-order valence-corrected chi connectivity index (χ1v) is 14.4. The second kappa shape index (κ2) is 21.1. The lowest BCUT2D eigenvalue weighted by Gasteiger charge is -2.37. The molecule has 0 saturated carbocycles. The summed E-state index contributed by atoms with van der Waals surface area (Å²) in [5, 5.41) is 32.3. The van der Waals surface area contributed by atoms with Crippen LogP contribution < -0.4 is 4.74 Å². The zero-order valence-electron chi connectivity index (χ0n) is 24.3. The standard InChI is InChI=1S/C22H28FN3OS.2C4H4O4/c1-25(22(28-2)24-19-6-4-3-5-7-19)20-12-14-26(15-13-20)16-17-27-21-10-8-18(23)9-11-21;2*5-3(6)1-2-4(7)8/h3-11,20H,12-17H2,1-2H3;2*1-2H,(H,5,6)(H,7,8)/b;2*2-1+. The molecule has 0 aromatic heterocycles. The Morgan fingerprint density at radius 1 is 0.886 bits per heavy atom. The van der Waals surface area contributed by atoms with Gasteiger partial charge in [0.05, 0.1) is 5.69 Å². The molecule has 0 amide bonds. The number of nitrogens with zero attached hydrogens (tertiary/aromatic N) is 3. The molecule has 1 heterocycles. The minimum Gasteiger partial charge on any atom is -0.492 e. The Morgan fingerprint density at radius 3 is 1.80 bits per heavy atom. The lowest BCUT2D eigenvalue weighted by Crippen LogP contribution is -2.45. The number of hydrogen-bond acceptors (Lipinski definition) is 8. The van der Waals surface area contributed by atoms with E-state index in [0.29, 0.717) is 37.0 Å². The monoisotopic (exact) mass is 633 g/mol. The summed E-state index contributed by atoms with van der Waals surface area (Å²) < 4.78 is 18.6. The molecule has 1 aliphatic heterocycles. The first-order chi connectivity index (χ1) is 20.9. The van der Waals surface area contributed by atoms with E-state index in [0.717, 1.165) is 49.1 Å². The molecule has 1 fully saturated rings. The van der Waals surface area contributed by atoms with Crippen molar-refractivity contribution < 1.29 is 48.7 Å². The van der Waals surface area contributed by atoms with E-state index in [1.54, 1.807) is 23.9 Å². The molecule has 0 aliphatic carbocycles. The van der Waals surface area contributed by atoms with Crippen LogP contribution >= 0.6 is 11.8 Å². The van der Waals surface area contributed by atoms with Gasteiger partial charge in [-0.2, -0.15) is 0 Å². The number of ether oxygens (including phenoxy) is 1. The van der Waals surface area contributed by atoms with Gasteiger partial charge in [0.1, 0.15) is 18.2 Å². The normalized spacial score (nSPS) is 13.8. The first kappa shape index (κ1) is 37.3. The molecule has 0 spiro atoms. The minimum atomic E-state index is -1.26. The van der Waals surface area contributed by atoms with Crippen LogP contribution in [0, 0.1) is 5.82 Å². The number of carboxylic acids is 4. The van der Waals surface area contributed by atoms with Crippen molar-refractivity contribution in [3.63, 3.8) is 0 Å². The molecule has 14 heteroatoms. The fraction of sp³-hybridized carbons (Fsp3) is 0.300. The number of halogens is 1. The van der Waals surface area contributed by atoms with Crippen molar-refractivity contribution in [1.29, 1.82) is 0 Å². The number of aliphatic carboxylic acids is 4. The van der Waals surface area contributed by atoms with Gasteiger partial charge in [0, 0.05) is 57.0 Å². The third kappa shape index (κ3) is 17.3. The highest BCUT2D eigenvalue weighted by Gasteiger charge is 2.24. The molecule has 0 unspecified atom stereocenters. The van der Waals surface area contributed by atoms with E-state index in [1.807, 2.05) is 30.3 Å². The number of carbonyl (C=O) groups is 4. The minimum absolute atomic E-state index is 0.237. The molecule has 238 valence electrons. The van der Waals surface area contributed by atoms with Gasteiger partial charge in [-0.05, 0) is 55.5 Å². The third-order valence-corrected chi connectivity index (χ3v) is 6.54. The fourth-order valence-corrected chi connectivity index (χ4v) is 4.31. The molecule has 3 rings (SSSR count). The molecule has 0 radical (unpaired) electrons. The van der Waals surface area contributed by atoms with E-state index >= 15 is 0 Å². The van der Waals surface area contributed by atoms with Gasteiger partial charge in [0.15, 0.2) is 5.17 Å². The smallest absolute Gasteiger partial charge is 0.328 e. The van der Waals surface area contributed by atoms with Crippen LogP contribution in [0.4, 0.5) is 10.1 Å². The molecular formula is C30H36FN3O9S. The highest BCUT2D eigenvalue weighted by molar-refractivity contribution is 8.13. The number of piperidine rings is 1. The number of aliphatic imine (C=N–C) groups is 1. The molecule has 12 nitrogen and oxygen atoms in total. The number of benzene rings is 2. The second-order valence-electron chi connectivity index (χ2n) is 8.94. The lowest BCUT2D eigenvalue weighted by atomic mass is 10.0. The number of amidine groups is 1. The largest absolute Gasteiger partial charge is 0.492 e. The molecule has 1 aliphatic rings. The van der Waals surface area contributed by atoms with Crippen LogP contribution in [0.5, 0.6) is 5.75 Å². The zero-order chi connectivity index (χ0) is 32.9. The van der Waals surface area contributed by atoms with Crippen LogP contribution in [0.1, 0.15) is 12.8 Å². The molecule has 1 saturated heterocycles. The average molecular weight is 634 g/mol. The van der Waals surface area contributed by atoms with E-state index in [-0.39, 0.29) is 5.82 Å². The number of hydrogen-bond donors (Lipinski definition) is 4. The van der Waals surface area contributed by atoms with Gasteiger partial charge in [-0.1, -0.05) is 30.0 Å². The number of para-hydroxylation sites is 1. The Bertz CT molecular complexity index is 1210. The molecule has 4 N–H and O–H groups in total. The van der Waals surface area contributed by atoms with Crippen molar-refractivity contribution >= 4 is 46.5 Å². The maximum atomic E-state index is 12.9. The second-order valence-corrected chi connectivity index (χ2v) is 9.71. The number of carboxylic acid groups (broad SMARTS) is 4. The topological polar surface area (TPSA) is 177 Å². The van der Waals surface area contributed by atoms with Crippen molar-refractivity contribution in [1.82, 2.24) is 9.80 Å². The van der Waals surface area contributed by atoms with E-state index < -0.39 is 23.9 Å². The van der Waals surface area contributed by atoms with E-state index in [9.17, 15) is 23.6 Å². The van der Waals surface area contributed by atoms with Crippen LogP contribution in [-0.4, -0.2) is 105 Å². The van der Waals surface area contributed by atoms with Crippen molar-refractivity contribution in [2.24, 2.45) is 4.99 Å². The first-order valence-electron chi connectivity index (χ1n) is 13.2. The summed E-state index contributed by atoms with van der Waals surface area (Å²) in [6.45, 7) is 3.61. The zero-order valence-corrected chi connectivity index (χ0v) is 25.1. The Morgan fingerprint density at radius 2 is 1.36 bits per heavy atom. The average Bonchev–Trinajstić information content (AvgIpc) is 3.00. The van der Waals surface area contributed by atoms with E-state index in [4.69, 9.17) is 30.2 Å². The maximum Gasteiger partial charge on any atom is 0.328 e. The molecule has 0 bridgehead atoms. The van der Waals surface area contributed by atoms with Crippen LogP contribution in [0.15, 0.2) is 83.9 Å². The lowest BCUT2D eigenvalue weighted by molar-refractivity contribution is -0.134. The van der Waals surface area contributed by atoms with Gasteiger partial charge >= 0.3 is 23.9 Å². The Kier molecular flexibility index (Phi) is 17.9. The molecule has 2 aromatic carbocycles. The summed E-state index contributed by atoms with van der Waals surface area (Å²) in [5.74, 6) is -4.55. The summed E-state index contributed by atoms with van der Waals surface area (Å²) in [4.78, 5) is 47.8. The van der Waals surface area contributed by atoms with Crippen molar-refractivity contribution in [2.75, 3.05) is 39.5 Å². The van der Waals surface area contributed by atoms with Crippen molar-refractivity contribution in [3.8, 4) is 5.75 Å². The Labute approximate surface area is 258 Å². The summed E-state index contributed by atoms with van der Waals surface area (Å²) in [6, 6.07) is 16.8. The predicted molar refractivity (Wildman–Crippen MR) is 165 cm³/mol. The highest BCUT2D eigenvalue weighted by Crippen LogP contribution is 2.21. The summed E-state index contributed by atoms with van der Waals surface area (Å²) in [6.07, 6.45) is 6.54.